The minimum Gasteiger partial charge on any atom is -0.455 e. The van der Waals surface area contributed by atoms with Gasteiger partial charge in [-0.05, 0) is 51.6 Å². The minimum absolute atomic E-state index is 0.911. The molecule has 2 heterocycles. The molecule has 0 saturated heterocycles. The summed E-state index contributed by atoms with van der Waals surface area (Å²) in [5.74, 6) is 0. The van der Waals surface area contributed by atoms with Crippen LogP contribution in [-0.4, -0.2) is 4.98 Å². The van der Waals surface area contributed by atoms with Gasteiger partial charge in [0.15, 0.2) is 0 Å². The van der Waals surface area contributed by atoms with E-state index in [2.05, 4.69) is 163 Å². The lowest BCUT2D eigenvalue weighted by atomic mass is 9.95. The molecule has 0 fully saturated rings. The molecular weight excluding hydrogens is 534 g/mol. The Kier molecular flexibility index (Phi) is 5.54. The first-order valence-electron chi connectivity index (χ1n) is 15.0. The van der Waals surface area contributed by atoms with Crippen LogP contribution in [-0.2, 0) is 0 Å². The van der Waals surface area contributed by atoms with E-state index >= 15 is 0 Å². The summed E-state index contributed by atoms with van der Waals surface area (Å²) in [5, 5.41) is 4.67. The molecule has 9 aromatic rings. The van der Waals surface area contributed by atoms with Gasteiger partial charge in [0, 0.05) is 43.7 Å². The Labute approximate surface area is 254 Å². The highest BCUT2D eigenvalue weighted by molar-refractivity contribution is 6.30. The molecule has 0 saturated carbocycles. The fourth-order valence-corrected chi connectivity index (χ4v) is 6.70. The first-order valence-corrected chi connectivity index (χ1v) is 15.0. The number of para-hydroxylation sites is 1. The number of hydrogen-bond donors (Lipinski definition) is 1. The number of rotatable bonds is 4. The van der Waals surface area contributed by atoms with Crippen molar-refractivity contribution in [2.45, 2.75) is 0 Å². The fourth-order valence-electron chi connectivity index (χ4n) is 6.70. The zero-order valence-corrected chi connectivity index (χ0v) is 23.9. The Bertz CT molecular complexity index is 2450. The summed E-state index contributed by atoms with van der Waals surface area (Å²) < 4.78 is 6.97. The largest absolute Gasteiger partial charge is 0.455 e. The fraction of sp³-hybridized carbons (Fsp3) is 0. The van der Waals surface area contributed by atoms with Crippen LogP contribution < -0.4 is 0 Å². The van der Waals surface area contributed by atoms with Crippen LogP contribution in [0.1, 0.15) is 0 Å². The molecule has 1 N–H and O–H groups in total. The van der Waals surface area contributed by atoms with E-state index in [0.717, 1.165) is 55.2 Å². The van der Waals surface area contributed by atoms with Crippen LogP contribution in [0.4, 0.5) is 0 Å². The molecule has 0 radical (unpaired) electrons. The van der Waals surface area contributed by atoms with Crippen LogP contribution in [0.3, 0.4) is 0 Å². The molecule has 7 aromatic carbocycles. The maximum absolute atomic E-state index is 6.97. The van der Waals surface area contributed by atoms with Gasteiger partial charge >= 0.3 is 0 Å². The lowest BCUT2D eigenvalue weighted by Crippen LogP contribution is -1.83. The van der Waals surface area contributed by atoms with E-state index in [1.54, 1.807) is 0 Å². The third-order valence-electron chi connectivity index (χ3n) is 8.82. The van der Waals surface area contributed by atoms with Gasteiger partial charge in [0.05, 0.1) is 0 Å². The smallest absolute Gasteiger partial charge is 0.144 e. The standard InChI is InChI=1S/C42H27NO/c1-4-11-27(12-5-1)29-19-21-31(22-20-29)35-26-38-39(36-25-32(23-24-37(36)43-38)28-13-6-2-7-14-28)40-34-18-10-17-33(41(34)44-42(35)40)30-15-8-3-9-16-30/h1-26,43H. The number of aromatic nitrogens is 1. The van der Waals surface area contributed by atoms with Crippen molar-refractivity contribution in [2.24, 2.45) is 0 Å². The monoisotopic (exact) mass is 561 g/mol. The maximum atomic E-state index is 6.97. The number of H-pyrrole nitrogens is 1. The summed E-state index contributed by atoms with van der Waals surface area (Å²) >= 11 is 0. The summed E-state index contributed by atoms with van der Waals surface area (Å²) in [6.07, 6.45) is 0. The van der Waals surface area contributed by atoms with Gasteiger partial charge in [-0.15, -0.1) is 0 Å². The highest BCUT2D eigenvalue weighted by atomic mass is 16.3. The minimum atomic E-state index is 0.911. The van der Waals surface area contributed by atoms with Crippen LogP contribution in [0.2, 0.25) is 0 Å². The average molecular weight is 562 g/mol. The molecule has 2 heteroatoms. The molecular formula is C42H27NO. The zero-order chi connectivity index (χ0) is 29.0. The molecule has 0 amide bonds. The van der Waals surface area contributed by atoms with Crippen molar-refractivity contribution in [1.82, 2.24) is 4.98 Å². The van der Waals surface area contributed by atoms with Gasteiger partial charge < -0.3 is 9.40 Å². The highest BCUT2D eigenvalue weighted by Crippen LogP contribution is 2.46. The Morgan fingerprint density at radius 1 is 0.341 bits per heavy atom. The van der Waals surface area contributed by atoms with Crippen LogP contribution >= 0.6 is 0 Å². The predicted molar refractivity (Wildman–Crippen MR) is 185 cm³/mol. The summed E-state index contributed by atoms with van der Waals surface area (Å²) in [5.41, 5.74) is 13.3. The molecule has 0 aliphatic heterocycles. The molecule has 0 spiro atoms. The lowest BCUT2D eigenvalue weighted by molar-refractivity contribution is 0.671. The Morgan fingerprint density at radius 2 is 0.909 bits per heavy atom. The van der Waals surface area contributed by atoms with Crippen molar-refractivity contribution >= 4 is 43.7 Å². The zero-order valence-electron chi connectivity index (χ0n) is 23.9. The van der Waals surface area contributed by atoms with E-state index in [0.29, 0.717) is 0 Å². The number of furan rings is 1. The van der Waals surface area contributed by atoms with Gasteiger partial charge in [-0.2, -0.15) is 0 Å². The predicted octanol–water partition coefficient (Wildman–Crippen LogP) is 11.9. The SMILES string of the molecule is c1ccc(-c2ccc(-c3cc4[nH]c5ccc(-c6ccccc6)cc5c4c4c3oc3c(-c5ccccc5)cccc34)cc2)cc1. The quantitative estimate of drug-likeness (QED) is 0.227. The van der Waals surface area contributed by atoms with Crippen molar-refractivity contribution in [2.75, 3.05) is 0 Å². The van der Waals surface area contributed by atoms with Crippen LogP contribution in [0.5, 0.6) is 0 Å². The normalized spacial score (nSPS) is 11.6. The summed E-state index contributed by atoms with van der Waals surface area (Å²) in [7, 11) is 0. The van der Waals surface area contributed by atoms with E-state index in [1.807, 2.05) is 0 Å². The summed E-state index contributed by atoms with van der Waals surface area (Å²) in [6.45, 7) is 0. The van der Waals surface area contributed by atoms with E-state index < -0.39 is 0 Å². The third-order valence-corrected chi connectivity index (χ3v) is 8.82. The number of hydrogen-bond acceptors (Lipinski definition) is 1. The molecule has 0 atom stereocenters. The van der Waals surface area contributed by atoms with E-state index in [1.165, 1.54) is 33.0 Å². The van der Waals surface area contributed by atoms with Gasteiger partial charge in [-0.25, -0.2) is 0 Å². The van der Waals surface area contributed by atoms with Gasteiger partial charge in [0.25, 0.3) is 0 Å². The number of fused-ring (bicyclic) bond motifs is 7. The molecule has 9 rings (SSSR count). The van der Waals surface area contributed by atoms with E-state index in [4.69, 9.17) is 4.42 Å². The highest BCUT2D eigenvalue weighted by Gasteiger charge is 2.21. The third kappa shape index (κ3) is 3.89. The summed E-state index contributed by atoms with van der Waals surface area (Å²) in [4.78, 5) is 3.76. The number of benzene rings is 7. The molecule has 0 unspecified atom stereocenters. The molecule has 206 valence electrons. The van der Waals surface area contributed by atoms with Crippen molar-refractivity contribution in [3.05, 3.63) is 158 Å². The summed E-state index contributed by atoms with van der Waals surface area (Å²) in [6, 6.07) is 56.0. The van der Waals surface area contributed by atoms with Gasteiger partial charge in [-0.3, -0.25) is 0 Å². The molecule has 0 bridgehead atoms. The topological polar surface area (TPSA) is 28.9 Å². The van der Waals surface area contributed by atoms with Gasteiger partial charge in [0.1, 0.15) is 11.2 Å². The van der Waals surface area contributed by atoms with Crippen molar-refractivity contribution in [3.8, 4) is 44.5 Å². The Morgan fingerprint density at radius 3 is 1.61 bits per heavy atom. The van der Waals surface area contributed by atoms with Crippen molar-refractivity contribution < 1.29 is 4.42 Å². The lowest BCUT2D eigenvalue weighted by Gasteiger charge is -2.07. The van der Waals surface area contributed by atoms with E-state index in [9.17, 15) is 0 Å². The van der Waals surface area contributed by atoms with Gasteiger partial charge in [0.2, 0.25) is 0 Å². The maximum Gasteiger partial charge on any atom is 0.144 e. The molecule has 0 aliphatic carbocycles. The molecule has 2 aromatic heterocycles. The number of nitrogens with one attached hydrogen (secondary N) is 1. The van der Waals surface area contributed by atoms with Crippen LogP contribution in [0.25, 0.3) is 88.3 Å². The van der Waals surface area contributed by atoms with Crippen molar-refractivity contribution in [3.63, 3.8) is 0 Å². The Balaban J connectivity index is 1.36. The number of aromatic amines is 1. The first-order chi connectivity index (χ1) is 21.8. The van der Waals surface area contributed by atoms with Crippen LogP contribution in [0.15, 0.2) is 162 Å². The molecule has 2 nitrogen and oxygen atoms in total. The average Bonchev–Trinajstić information content (AvgIpc) is 3.67. The molecule has 44 heavy (non-hydrogen) atoms. The second-order valence-electron chi connectivity index (χ2n) is 11.4. The second-order valence-corrected chi connectivity index (χ2v) is 11.4. The van der Waals surface area contributed by atoms with Crippen LogP contribution in [0, 0.1) is 0 Å². The van der Waals surface area contributed by atoms with E-state index in [-0.39, 0.29) is 0 Å². The first kappa shape index (κ1) is 24.7. The second kappa shape index (κ2) is 9.86. The molecule has 0 aliphatic rings. The Hall–Kier alpha value is -5.86. The van der Waals surface area contributed by atoms with Gasteiger partial charge in [-0.1, -0.05) is 140 Å². The van der Waals surface area contributed by atoms with Crippen molar-refractivity contribution in [1.29, 1.82) is 0 Å².